The summed E-state index contributed by atoms with van der Waals surface area (Å²) in [6.45, 7) is 5.40. The van der Waals surface area contributed by atoms with Gasteiger partial charge < -0.3 is 16.0 Å². The van der Waals surface area contributed by atoms with Gasteiger partial charge in [-0.15, -0.1) is 0 Å². The molecule has 122 valence electrons. The van der Waals surface area contributed by atoms with Gasteiger partial charge in [-0.05, 0) is 30.9 Å². The predicted octanol–water partition coefficient (Wildman–Crippen LogP) is 3.31. The minimum Gasteiger partial charge on any atom is -0.351 e. The Morgan fingerprint density at radius 3 is 2.55 bits per heavy atom. The number of benzene rings is 1. The molecule has 22 heavy (non-hydrogen) atoms. The van der Waals surface area contributed by atoms with Gasteiger partial charge in [0.05, 0.1) is 0 Å². The second-order valence-electron chi connectivity index (χ2n) is 6.15. The highest BCUT2D eigenvalue weighted by Gasteiger charge is 2.26. The first-order chi connectivity index (χ1) is 10.4. The number of hydrogen-bond donors (Lipinski definition) is 2. The second-order valence-corrected chi connectivity index (χ2v) is 6.59. The molecule has 0 spiro atoms. The fourth-order valence-electron chi connectivity index (χ4n) is 2.92. The van der Waals surface area contributed by atoms with Gasteiger partial charge in [-0.2, -0.15) is 0 Å². The van der Waals surface area contributed by atoms with Gasteiger partial charge in [0, 0.05) is 35.8 Å². The summed E-state index contributed by atoms with van der Waals surface area (Å²) in [4.78, 5) is 12.8. The maximum atomic E-state index is 14.2. The van der Waals surface area contributed by atoms with Gasteiger partial charge in [0.2, 0.25) is 0 Å². The minimum absolute atomic E-state index is 0.0811. The lowest BCUT2D eigenvalue weighted by atomic mass is 9.93. The van der Waals surface area contributed by atoms with Crippen molar-refractivity contribution in [1.29, 1.82) is 0 Å². The van der Waals surface area contributed by atoms with Crippen LogP contribution in [0.4, 0.5) is 9.18 Å². The molecule has 1 aliphatic rings. The van der Waals surface area contributed by atoms with Crippen LogP contribution in [0.5, 0.6) is 0 Å². The molecule has 0 aromatic heterocycles. The van der Waals surface area contributed by atoms with Gasteiger partial charge in [-0.25, -0.2) is 9.18 Å². The first kappa shape index (κ1) is 17.0. The third kappa shape index (κ3) is 4.11. The van der Waals surface area contributed by atoms with E-state index in [0.717, 1.165) is 12.8 Å². The number of hydrogen-bond acceptors (Lipinski definition) is 2. The zero-order valence-corrected chi connectivity index (χ0v) is 13.7. The molecule has 2 amide bonds. The fourth-order valence-corrected chi connectivity index (χ4v) is 3.07. The third-order valence-electron chi connectivity index (χ3n) is 4.19. The Morgan fingerprint density at radius 2 is 2.05 bits per heavy atom. The molecule has 0 radical (unpaired) electrons. The van der Waals surface area contributed by atoms with Crippen molar-refractivity contribution in [1.82, 2.24) is 10.2 Å². The topological polar surface area (TPSA) is 58.4 Å². The largest absolute Gasteiger partial charge is 0.351 e. The standard InChI is InChI=1S/C16H23ClFN3O/c1-10(2)15(13-4-3-11(17)9-14(13)18)20-12-5-7-21(8-6-12)16(19)22/h3-4,9-10,12,15,20H,5-8H2,1-2H3,(H2,19,22)/t15-/m1/s1. The van der Waals surface area contributed by atoms with Crippen molar-refractivity contribution < 1.29 is 9.18 Å². The molecule has 1 aromatic rings. The van der Waals surface area contributed by atoms with Crippen molar-refractivity contribution in [2.45, 2.75) is 38.8 Å². The number of amides is 2. The number of rotatable bonds is 4. The molecule has 6 heteroatoms. The van der Waals surface area contributed by atoms with E-state index in [2.05, 4.69) is 19.2 Å². The summed E-state index contributed by atoms with van der Waals surface area (Å²) in [7, 11) is 0. The van der Waals surface area contributed by atoms with Gasteiger partial charge >= 0.3 is 6.03 Å². The average Bonchev–Trinajstić information content (AvgIpc) is 2.45. The monoisotopic (exact) mass is 327 g/mol. The Labute approximate surface area is 135 Å². The SMILES string of the molecule is CC(C)[C@@H](NC1CCN(C(N)=O)CC1)c1ccc(Cl)cc1F. The third-order valence-corrected chi connectivity index (χ3v) is 4.42. The number of carbonyl (C=O) groups is 1. The van der Waals surface area contributed by atoms with Crippen LogP contribution in [-0.4, -0.2) is 30.1 Å². The van der Waals surface area contributed by atoms with E-state index in [1.807, 2.05) is 0 Å². The molecule has 0 saturated carbocycles. The van der Waals surface area contributed by atoms with Crippen LogP contribution in [0.2, 0.25) is 5.02 Å². The normalized spacial score (nSPS) is 17.8. The van der Waals surface area contributed by atoms with Gasteiger partial charge in [0.25, 0.3) is 0 Å². The van der Waals surface area contributed by atoms with E-state index in [1.54, 1.807) is 17.0 Å². The Hall–Kier alpha value is -1.33. The number of nitrogens with two attached hydrogens (primary N) is 1. The first-order valence-electron chi connectivity index (χ1n) is 7.64. The van der Waals surface area contributed by atoms with E-state index in [1.165, 1.54) is 6.07 Å². The van der Waals surface area contributed by atoms with Crippen LogP contribution in [0.25, 0.3) is 0 Å². The lowest BCUT2D eigenvalue weighted by molar-refractivity contribution is 0.179. The highest BCUT2D eigenvalue weighted by Crippen LogP contribution is 2.28. The van der Waals surface area contributed by atoms with E-state index < -0.39 is 0 Å². The van der Waals surface area contributed by atoms with Crippen LogP contribution in [0.3, 0.4) is 0 Å². The van der Waals surface area contributed by atoms with Gasteiger partial charge in [0.15, 0.2) is 0 Å². The van der Waals surface area contributed by atoms with Crippen molar-refractivity contribution in [3.63, 3.8) is 0 Å². The summed E-state index contributed by atoms with van der Waals surface area (Å²) in [6.07, 6.45) is 1.64. The van der Waals surface area contributed by atoms with E-state index in [0.29, 0.717) is 23.7 Å². The number of halogens is 2. The van der Waals surface area contributed by atoms with Crippen LogP contribution >= 0.6 is 11.6 Å². The highest BCUT2D eigenvalue weighted by atomic mass is 35.5. The first-order valence-corrected chi connectivity index (χ1v) is 8.01. The van der Waals surface area contributed by atoms with Crippen LogP contribution < -0.4 is 11.1 Å². The Bertz CT molecular complexity index is 530. The van der Waals surface area contributed by atoms with E-state index in [4.69, 9.17) is 17.3 Å². The molecular weight excluding hydrogens is 305 g/mol. The number of nitrogens with zero attached hydrogens (tertiary/aromatic N) is 1. The molecule has 4 nitrogen and oxygen atoms in total. The Kier molecular flexibility index (Phi) is 5.64. The zero-order valence-electron chi connectivity index (χ0n) is 13.0. The van der Waals surface area contributed by atoms with Crippen molar-refractivity contribution in [3.8, 4) is 0 Å². The molecule has 1 aliphatic heterocycles. The fraction of sp³-hybridized carbons (Fsp3) is 0.562. The number of urea groups is 1. The molecule has 3 N–H and O–H groups in total. The number of primary amides is 1. The average molecular weight is 328 g/mol. The quantitative estimate of drug-likeness (QED) is 0.891. The van der Waals surface area contributed by atoms with Gasteiger partial charge in [0.1, 0.15) is 5.82 Å². The van der Waals surface area contributed by atoms with Gasteiger partial charge in [-0.1, -0.05) is 31.5 Å². The maximum absolute atomic E-state index is 14.2. The summed E-state index contributed by atoms with van der Waals surface area (Å²) in [5.41, 5.74) is 5.93. The molecule has 1 heterocycles. The molecule has 1 saturated heterocycles. The lowest BCUT2D eigenvalue weighted by Crippen LogP contribution is -2.48. The van der Waals surface area contributed by atoms with Crippen LogP contribution in [0.1, 0.15) is 38.3 Å². The van der Waals surface area contributed by atoms with Crippen molar-refractivity contribution in [2.24, 2.45) is 11.7 Å². The van der Waals surface area contributed by atoms with Crippen LogP contribution in [0.15, 0.2) is 18.2 Å². The summed E-state index contributed by atoms with van der Waals surface area (Å²) in [5.74, 6) is -0.0434. The van der Waals surface area contributed by atoms with E-state index in [-0.39, 0.29) is 29.8 Å². The molecule has 0 bridgehead atoms. The smallest absolute Gasteiger partial charge is 0.314 e. The number of likely N-dealkylation sites (tertiary alicyclic amines) is 1. The molecular formula is C16H23ClFN3O. The summed E-state index contributed by atoms with van der Waals surface area (Å²) >= 11 is 5.83. The van der Waals surface area contributed by atoms with Crippen molar-refractivity contribution >= 4 is 17.6 Å². The molecule has 1 aromatic carbocycles. The van der Waals surface area contributed by atoms with E-state index >= 15 is 0 Å². The Morgan fingerprint density at radius 1 is 1.41 bits per heavy atom. The van der Waals surface area contributed by atoms with Crippen molar-refractivity contribution in [2.75, 3.05) is 13.1 Å². The Balaban J connectivity index is 2.05. The van der Waals surface area contributed by atoms with E-state index in [9.17, 15) is 9.18 Å². The number of piperidine rings is 1. The molecule has 1 atom stereocenters. The zero-order chi connectivity index (χ0) is 16.3. The predicted molar refractivity (Wildman–Crippen MR) is 86.3 cm³/mol. The maximum Gasteiger partial charge on any atom is 0.314 e. The number of carbonyl (C=O) groups excluding carboxylic acids is 1. The lowest BCUT2D eigenvalue weighted by Gasteiger charge is -2.35. The number of nitrogens with one attached hydrogen (secondary N) is 1. The molecule has 2 rings (SSSR count). The van der Waals surface area contributed by atoms with Crippen LogP contribution in [-0.2, 0) is 0 Å². The summed E-state index contributed by atoms with van der Waals surface area (Å²) < 4.78 is 14.2. The van der Waals surface area contributed by atoms with Crippen LogP contribution in [0, 0.1) is 11.7 Å². The highest BCUT2D eigenvalue weighted by molar-refractivity contribution is 6.30. The molecule has 0 unspecified atom stereocenters. The van der Waals surface area contributed by atoms with Gasteiger partial charge in [-0.3, -0.25) is 0 Å². The molecule has 0 aliphatic carbocycles. The van der Waals surface area contributed by atoms with Crippen molar-refractivity contribution in [3.05, 3.63) is 34.6 Å². The summed E-state index contributed by atoms with van der Waals surface area (Å²) in [5, 5.41) is 3.93. The second kappa shape index (κ2) is 7.29. The molecule has 1 fully saturated rings. The minimum atomic E-state index is -0.373. The summed E-state index contributed by atoms with van der Waals surface area (Å²) in [6, 6.07) is 4.60.